The van der Waals surface area contributed by atoms with Gasteiger partial charge in [0.05, 0.1) is 24.3 Å². The van der Waals surface area contributed by atoms with E-state index in [0.29, 0.717) is 18.0 Å². The number of nitro groups is 1. The molecule has 0 bridgehead atoms. The Hall–Kier alpha value is -2.57. The van der Waals surface area contributed by atoms with Gasteiger partial charge in [-0.25, -0.2) is 0 Å². The molecule has 0 fully saturated rings. The summed E-state index contributed by atoms with van der Waals surface area (Å²) in [6, 6.07) is 4.73. The van der Waals surface area contributed by atoms with Gasteiger partial charge in [-0.05, 0) is 19.1 Å². The summed E-state index contributed by atoms with van der Waals surface area (Å²) in [4.78, 5) is 10.6. The second kappa shape index (κ2) is 5.60. The number of nitro benzene ring substituents is 1. The Morgan fingerprint density at radius 3 is 2.80 bits per heavy atom. The summed E-state index contributed by atoms with van der Waals surface area (Å²) in [6.45, 7) is 2.43. The minimum atomic E-state index is -0.430. The Morgan fingerprint density at radius 2 is 2.25 bits per heavy atom. The molecule has 1 N–H and O–H groups in total. The number of anilines is 1. The lowest BCUT2D eigenvalue weighted by atomic mass is 10.2. The fourth-order valence-corrected chi connectivity index (χ4v) is 1.85. The maximum atomic E-state index is 11.1. The van der Waals surface area contributed by atoms with Crippen LogP contribution in [0.5, 0.6) is 5.75 Å². The molecule has 2 aromatic rings. The zero-order chi connectivity index (χ0) is 14.7. The van der Waals surface area contributed by atoms with E-state index in [4.69, 9.17) is 4.74 Å². The molecule has 1 aromatic carbocycles. The molecule has 0 saturated carbocycles. The molecule has 7 heteroatoms. The molecule has 0 aliphatic heterocycles. The lowest BCUT2D eigenvalue weighted by Crippen LogP contribution is -2.04. The van der Waals surface area contributed by atoms with Crippen molar-refractivity contribution in [3.05, 3.63) is 45.8 Å². The molecule has 1 heterocycles. The first-order valence-electron chi connectivity index (χ1n) is 6.06. The quantitative estimate of drug-likeness (QED) is 0.669. The predicted molar refractivity (Wildman–Crippen MR) is 74.9 cm³/mol. The Labute approximate surface area is 116 Å². The third-order valence-corrected chi connectivity index (χ3v) is 3.21. The molecule has 1 aromatic heterocycles. The number of methoxy groups -OCH3 is 1. The molecule has 0 radical (unpaired) electrons. The smallest absolute Gasteiger partial charge is 0.296 e. The Balaban J connectivity index is 2.21. The van der Waals surface area contributed by atoms with Gasteiger partial charge in [0.2, 0.25) is 0 Å². The third kappa shape index (κ3) is 2.71. The van der Waals surface area contributed by atoms with Gasteiger partial charge in [-0.1, -0.05) is 0 Å². The number of nitrogens with one attached hydrogen (secondary N) is 1. The van der Waals surface area contributed by atoms with Crippen molar-refractivity contribution in [2.24, 2.45) is 7.05 Å². The first kappa shape index (κ1) is 13.9. The summed E-state index contributed by atoms with van der Waals surface area (Å²) in [7, 11) is 3.33. The first-order chi connectivity index (χ1) is 9.52. The lowest BCUT2D eigenvalue weighted by Gasteiger charge is -2.08. The van der Waals surface area contributed by atoms with Gasteiger partial charge < -0.3 is 10.1 Å². The molecule has 2 rings (SSSR count). The molecule has 20 heavy (non-hydrogen) atoms. The molecule has 0 atom stereocenters. The monoisotopic (exact) mass is 276 g/mol. The van der Waals surface area contributed by atoms with Gasteiger partial charge in [-0.3, -0.25) is 14.8 Å². The van der Waals surface area contributed by atoms with Crippen LogP contribution in [-0.4, -0.2) is 21.8 Å². The topological polar surface area (TPSA) is 82.2 Å². The number of hydrogen-bond acceptors (Lipinski definition) is 5. The largest absolute Gasteiger partial charge is 0.496 e. The second-order valence-corrected chi connectivity index (χ2v) is 4.37. The van der Waals surface area contributed by atoms with Crippen molar-refractivity contribution in [2.45, 2.75) is 13.5 Å². The molecular weight excluding hydrogens is 260 g/mol. The number of benzene rings is 1. The van der Waals surface area contributed by atoms with E-state index in [0.717, 1.165) is 11.3 Å². The number of nitrogens with zero attached hydrogens (tertiary/aromatic N) is 3. The fourth-order valence-electron chi connectivity index (χ4n) is 1.85. The van der Waals surface area contributed by atoms with Gasteiger partial charge in [0.15, 0.2) is 0 Å². The zero-order valence-corrected chi connectivity index (χ0v) is 11.6. The van der Waals surface area contributed by atoms with Crippen molar-refractivity contribution in [3.63, 3.8) is 0 Å². The highest BCUT2D eigenvalue weighted by molar-refractivity contribution is 5.64. The van der Waals surface area contributed by atoms with E-state index >= 15 is 0 Å². The Morgan fingerprint density at radius 1 is 1.50 bits per heavy atom. The SMILES string of the molecule is COc1ccc(NCc2cnn(C)c2C)c([N+](=O)[O-])c1. The average molecular weight is 276 g/mol. The number of aromatic nitrogens is 2. The van der Waals surface area contributed by atoms with Crippen molar-refractivity contribution in [1.29, 1.82) is 0 Å². The highest BCUT2D eigenvalue weighted by atomic mass is 16.6. The molecular formula is C13H16N4O3. The molecule has 0 saturated heterocycles. The van der Waals surface area contributed by atoms with Gasteiger partial charge in [0.1, 0.15) is 11.4 Å². The average Bonchev–Trinajstić information content (AvgIpc) is 2.76. The molecule has 0 unspecified atom stereocenters. The number of hydrogen-bond donors (Lipinski definition) is 1. The molecule has 0 spiro atoms. The van der Waals surface area contributed by atoms with Crippen LogP contribution in [0.2, 0.25) is 0 Å². The van der Waals surface area contributed by atoms with E-state index in [9.17, 15) is 10.1 Å². The van der Waals surface area contributed by atoms with E-state index in [1.54, 1.807) is 23.0 Å². The van der Waals surface area contributed by atoms with Crippen LogP contribution in [0.15, 0.2) is 24.4 Å². The minimum absolute atomic E-state index is 0.00843. The van der Waals surface area contributed by atoms with Crippen LogP contribution in [0, 0.1) is 17.0 Å². The molecule has 0 aliphatic carbocycles. The summed E-state index contributed by atoms with van der Waals surface area (Å²) >= 11 is 0. The lowest BCUT2D eigenvalue weighted by molar-refractivity contribution is -0.384. The van der Waals surface area contributed by atoms with E-state index < -0.39 is 4.92 Å². The molecule has 0 aliphatic rings. The third-order valence-electron chi connectivity index (χ3n) is 3.21. The normalized spacial score (nSPS) is 10.3. The van der Waals surface area contributed by atoms with Crippen molar-refractivity contribution >= 4 is 11.4 Å². The van der Waals surface area contributed by atoms with Crippen molar-refractivity contribution in [1.82, 2.24) is 9.78 Å². The number of ether oxygens (including phenoxy) is 1. The summed E-state index contributed by atoms with van der Waals surface area (Å²) in [5, 5.41) is 18.3. The Kier molecular flexibility index (Phi) is 3.88. The van der Waals surface area contributed by atoms with E-state index in [-0.39, 0.29) is 5.69 Å². The van der Waals surface area contributed by atoms with Crippen molar-refractivity contribution < 1.29 is 9.66 Å². The van der Waals surface area contributed by atoms with Crippen LogP contribution in [0.1, 0.15) is 11.3 Å². The molecule has 0 amide bonds. The van der Waals surface area contributed by atoms with E-state index in [2.05, 4.69) is 10.4 Å². The van der Waals surface area contributed by atoms with Gasteiger partial charge >= 0.3 is 0 Å². The highest BCUT2D eigenvalue weighted by Gasteiger charge is 2.15. The maximum absolute atomic E-state index is 11.1. The standard InChI is InChI=1S/C13H16N4O3/c1-9-10(8-15-16(9)2)7-14-12-5-4-11(20-3)6-13(12)17(18)19/h4-6,8,14H,7H2,1-3H3. The van der Waals surface area contributed by atoms with Gasteiger partial charge in [0, 0.05) is 24.8 Å². The second-order valence-electron chi connectivity index (χ2n) is 4.37. The summed E-state index contributed by atoms with van der Waals surface area (Å²) < 4.78 is 6.76. The molecule has 7 nitrogen and oxygen atoms in total. The summed E-state index contributed by atoms with van der Waals surface area (Å²) in [6.07, 6.45) is 1.75. The predicted octanol–water partition coefficient (Wildman–Crippen LogP) is 2.26. The molecule has 106 valence electrons. The number of aryl methyl sites for hydroxylation is 1. The van der Waals surface area contributed by atoms with Crippen LogP contribution in [0.4, 0.5) is 11.4 Å². The van der Waals surface area contributed by atoms with Crippen LogP contribution in [0.25, 0.3) is 0 Å². The van der Waals surface area contributed by atoms with Gasteiger partial charge in [-0.2, -0.15) is 5.10 Å². The maximum Gasteiger partial charge on any atom is 0.296 e. The Bertz CT molecular complexity index is 637. The van der Waals surface area contributed by atoms with Crippen LogP contribution < -0.4 is 10.1 Å². The first-order valence-corrected chi connectivity index (χ1v) is 6.06. The van der Waals surface area contributed by atoms with Crippen molar-refractivity contribution in [2.75, 3.05) is 12.4 Å². The van der Waals surface area contributed by atoms with Crippen LogP contribution in [-0.2, 0) is 13.6 Å². The van der Waals surface area contributed by atoms with Gasteiger partial charge in [-0.15, -0.1) is 0 Å². The summed E-state index contributed by atoms with van der Waals surface area (Å²) in [5.41, 5.74) is 2.47. The highest BCUT2D eigenvalue weighted by Crippen LogP contribution is 2.29. The summed E-state index contributed by atoms with van der Waals surface area (Å²) in [5.74, 6) is 0.458. The number of rotatable bonds is 5. The minimum Gasteiger partial charge on any atom is -0.496 e. The van der Waals surface area contributed by atoms with Gasteiger partial charge in [0.25, 0.3) is 5.69 Å². The van der Waals surface area contributed by atoms with Crippen LogP contribution >= 0.6 is 0 Å². The van der Waals surface area contributed by atoms with Crippen LogP contribution in [0.3, 0.4) is 0 Å². The zero-order valence-electron chi connectivity index (χ0n) is 11.6. The fraction of sp³-hybridized carbons (Fsp3) is 0.308. The van der Waals surface area contributed by atoms with Crippen molar-refractivity contribution in [3.8, 4) is 5.75 Å². The van der Waals surface area contributed by atoms with E-state index in [1.165, 1.54) is 13.2 Å². The van der Waals surface area contributed by atoms with E-state index in [1.807, 2.05) is 14.0 Å².